The van der Waals surface area contributed by atoms with E-state index in [1.54, 1.807) is 0 Å². The van der Waals surface area contributed by atoms with Gasteiger partial charge < -0.3 is 5.73 Å². The summed E-state index contributed by atoms with van der Waals surface area (Å²) < 4.78 is 0. The van der Waals surface area contributed by atoms with E-state index in [1.807, 2.05) is 0 Å². The van der Waals surface area contributed by atoms with Gasteiger partial charge in [-0.15, -0.1) is 0 Å². The predicted molar refractivity (Wildman–Crippen MR) is 83.2 cm³/mol. The van der Waals surface area contributed by atoms with E-state index < -0.39 is 0 Å². The lowest BCUT2D eigenvalue weighted by Gasteiger charge is -2.53. The van der Waals surface area contributed by atoms with Crippen molar-refractivity contribution in [1.82, 2.24) is 4.90 Å². The summed E-state index contributed by atoms with van der Waals surface area (Å²) >= 11 is 0. The molecular weight excluding hydrogens is 232 g/mol. The van der Waals surface area contributed by atoms with E-state index in [0.29, 0.717) is 5.41 Å². The van der Waals surface area contributed by atoms with Crippen LogP contribution in [0, 0.1) is 11.3 Å². The predicted octanol–water partition coefficient (Wildman–Crippen LogP) is 3.79. The molecular formula is C17H34N2. The minimum absolute atomic E-state index is 0.267. The van der Waals surface area contributed by atoms with Gasteiger partial charge in [0.15, 0.2) is 0 Å². The topological polar surface area (TPSA) is 29.3 Å². The Kier molecular flexibility index (Phi) is 4.62. The summed E-state index contributed by atoms with van der Waals surface area (Å²) in [5, 5.41) is 0. The lowest BCUT2D eigenvalue weighted by atomic mass is 9.66. The van der Waals surface area contributed by atoms with Crippen LogP contribution >= 0.6 is 0 Å². The number of hydrogen-bond acceptors (Lipinski definition) is 2. The smallest absolute Gasteiger partial charge is 0.0336 e. The van der Waals surface area contributed by atoms with Crippen LogP contribution in [-0.2, 0) is 0 Å². The lowest BCUT2D eigenvalue weighted by Crippen LogP contribution is -2.59. The van der Waals surface area contributed by atoms with Crippen LogP contribution in [0.25, 0.3) is 0 Å². The molecule has 2 rings (SSSR count). The maximum absolute atomic E-state index is 6.26. The molecule has 3 atom stereocenters. The maximum Gasteiger partial charge on any atom is 0.0336 e. The third kappa shape index (κ3) is 3.33. The van der Waals surface area contributed by atoms with Crippen LogP contribution in [0.4, 0.5) is 0 Å². The van der Waals surface area contributed by atoms with E-state index in [9.17, 15) is 0 Å². The van der Waals surface area contributed by atoms with E-state index in [-0.39, 0.29) is 5.54 Å². The molecule has 0 bridgehead atoms. The van der Waals surface area contributed by atoms with E-state index >= 15 is 0 Å². The summed E-state index contributed by atoms with van der Waals surface area (Å²) in [4.78, 5) is 2.70. The van der Waals surface area contributed by atoms with E-state index in [1.165, 1.54) is 51.4 Å². The van der Waals surface area contributed by atoms with Gasteiger partial charge in [0, 0.05) is 18.1 Å². The normalized spacial score (nSPS) is 39.5. The van der Waals surface area contributed by atoms with E-state index in [4.69, 9.17) is 5.73 Å². The minimum atomic E-state index is 0.267. The van der Waals surface area contributed by atoms with Crippen molar-refractivity contribution in [3.8, 4) is 0 Å². The molecule has 0 radical (unpaired) electrons. The summed E-state index contributed by atoms with van der Waals surface area (Å²) in [6, 6.07) is 0.765. The highest BCUT2D eigenvalue weighted by Gasteiger charge is 2.44. The van der Waals surface area contributed by atoms with Crippen LogP contribution in [0.2, 0.25) is 0 Å². The van der Waals surface area contributed by atoms with Crippen molar-refractivity contribution in [1.29, 1.82) is 0 Å². The SMILES string of the molecule is CC1CCCC(N(C)C2(CN)CCCC(C)(C)C2)C1. The summed E-state index contributed by atoms with van der Waals surface area (Å²) in [6.45, 7) is 8.10. The van der Waals surface area contributed by atoms with Gasteiger partial charge in [-0.05, 0) is 50.5 Å². The van der Waals surface area contributed by atoms with Crippen LogP contribution in [-0.4, -0.2) is 30.1 Å². The van der Waals surface area contributed by atoms with Crippen molar-refractivity contribution >= 4 is 0 Å². The van der Waals surface area contributed by atoms with Crippen LogP contribution < -0.4 is 5.73 Å². The quantitative estimate of drug-likeness (QED) is 0.842. The minimum Gasteiger partial charge on any atom is -0.329 e. The molecule has 0 saturated heterocycles. The van der Waals surface area contributed by atoms with Gasteiger partial charge in [0.25, 0.3) is 0 Å². The first kappa shape index (κ1) is 15.3. The first-order chi connectivity index (χ1) is 8.88. The molecule has 2 aliphatic rings. The van der Waals surface area contributed by atoms with Crippen molar-refractivity contribution < 1.29 is 0 Å². The highest BCUT2D eigenvalue weighted by atomic mass is 15.2. The van der Waals surface area contributed by atoms with Gasteiger partial charge in [-0.3, -0.25) is 4.90 Å². The molecule has 2 saturated carbocycles. The van der Waals surface area contributed by atoms with Crippen molar-refractivity contribution in [2.75, 3.05) is 13.6 Å². The maximum atomic E-state index is 6.26. The van der Waals surface area contributed by atoms with Crippen molar-refractivity contribution in [2.45, 2.75) is 83.7 Å². The largest absolute Gasteiger partial charge is 0.329 e. The lowest BCUT2D eigenvalue weighted by molar-refractivity contribution is -0.0145. The molecule has 0 aromatic carbocycles. The van der Waals surface area contributed by atoms with Gasteiger partial charge in [-0.25, -0.2) is 0 Å². The van der Waals surface area contributed by atoms with Crippen molar-refractivity contribution in [2.24, 2.45) is 17.1 Å². The average molecular weight is 266 g/mol. The van der Waals surface area contributed by atoms with Crippen LogP contribution in [0.1, 0.15) is 72.1 Å². The number of rotatable bonds is 3. The standard InChI is InChI=1S/C17H34N2/c1-14-7-5-8-15(11-14)19(4)17(13-18)10-6-9-16(2,3)12-17/h14-15H,5-13,18H2,1-4H3. The summed E-state index contributed by atoms with van der Waals surface area (Å²) in [6.07, 6.45) is 10.9. The molecule has 2 nitrogen and oxygen atoms in total. The Labute approximate surface area is 120 Å². The molecule has 0 spiro atoms. The highest BCUT2D eigenvalue weighted by molar-refractivity contribution is 5.00. The second-order valence-corrected chi connectivity index (χ2v) is 8.16. The molecule has 0 amide bonds. The van der Waals surface area contributed by atoms with E-state index in [2.05, 4.69) is 32.7 Å². The third-order valence-electron chi connectivity index (χ3n) is 5.89. The first-order valence-corrected chi connectivity index (χ1v) is 8.32. The molecule has 0 aromatic rings. The zero-order valence-corrected chi connectivity index (χ0v) is 13.5. The molecule has 2 heteroatoms. The zero-order valence-electron chi connectivity index (χ0n) is 13.5. The Bertz CT molecular complexity index is 300. The molecule has 19 heavy (non-hydrogen) atoms. The second-order valence-electron chi connectivity index (χ2n) is 8.16. The fourth-order valence-corrected chi connectivity index (χ4v) is 4.72. The van der Waals surface area contributed by atoms with Gasteiger partial charge in [0.1, 0.15) is 0 Å². The first-order valence-electron chi connectivity index (χ1n) is 8.32. The van der Waals surface area contributed by atoms with Gasteiger partial charge in [-0.1, -0.05) is 40.0 Å². The summed E-state index contributed by atoms with van der Waals surface area (Å²) in [5.74, 6) is 0.896. The monoisotopic (exact) mass is 266 g/mol. The van der Waals surface area contributed by atoms with E-state index in [0.717, 1.165) is 18.5 Å². The molecule has 2 fully saturated rings. The van der Waals surface area contributed by atoms with Gasteiger partial charge in [0.2, 0.25) is 0 Å². The fraction of sp³-hybridized carbons (Fsp3) is 1.00. The molecule has 2 aliphatic carbocycles. The van der Waals surface area contributed by atoms with Crippen molar-refractivity contribution in [3.05, 3.63) is 0 Å². The Balaban J connectivity index is 2.11. The summed E-state index contributed by atoms with van der Waals surface area (Å²) in [7, 11) is 2.36. The molecule has 3 unspecified atom stereocenters. The average Bonchev–Trinajstić information content (AvgIpc) is 2.36. The molecule has 2 N–H and O–H groups in total. The third-order valence-corrected chi connectivity index (χ3v) is 5.89. The molecule has 0 aliphatic heterocycles. The van der Waals surface area contributed by atoms with Gasteiger partial charge >= 0.3 is 0 Å². The number of nitrogens with two attached hydrogens (primary N) is 1. The second kappa shape index (κ2) is 5.73. The molecule has 0 heterocycles. The zero-order chi connectivity index (χ0) is 14.1. The highest BCUT2D eigenvalue weighted by Crippen LogP contribution is 2.45. The molecule has 112 valence electrons. The van der Waals surface area contributed by atoms with Crippen LogP contribution in [0.15, 0.2) is 0 Å². The Morgan fingerprint density at radius 1 is 1.16 bits per heavy atom. The Morgan fingerprint density at radius 2 is 1.89 bits per heavy atom. The fourth-order valence-electron chi connectivity index (χ4n) is 4.72. The van der Waals surface area contributed by atoms with Gasteiger partial charge in [0.05, 0.1) is 0 Å². The summed E-state index contributed by atoms with van der Waals surface area (Å²) in [5.41, 5.74) is 6.99. The van der Waals surface area contributed by atoms with Crippen LogP contribution in [0.3, 0.4) is 0 Å². The number of likely N-dealkylation sites (N-methyl/N-ethyl adjacent to an activating group) is 1. The van der Waals surface area contributed by atoms with Gasteiger partial charge in [-0.2, -0.15) is 0 Å². The van der Waals surface area contributed by atoms with Crippen LogP contribution in [0.5, 0.6) is 0 Å². The number of hydrogen-bond donors (Lipinski definition) is 1. The molecule has 0 aromatic heterocycles. The number of nitrogens with zero attached hydrogens (tertiary/aromatic N) is 1. The van der Waals surface area contributed by atoms with Crippen molar-refractivity contribution in [3.63, 3.8) is 0 Å². The Hall–Kier alpha value is -0.0800. The Morgan fingerprint density at radius 3 is 2.47 bits per heavy atom.